The molecule has 0 spiro atoms. The number of hydrogen-bond acceptors (Lipinski definition) is 6. The molecule has 1 aromatic rings. The summed E-state index contributed by atoms with van der Waals surface area (Å²) in [6, 6.07) is 1.89. The van der Waals surface area contributed by atoms with Crippen LogP contribution in [0.2, 0.25) is 0 Å². The van der Waals surface area contributed by atoms with Gasteiger partial charge in [0.2, 0.25) is 5.95 Å². The molecule has 0 unspecified atom stereocenters. The lowest BCUT2D eigenvalue weighted by atomic mass is 10.4. The second-order valence-electron chi connectivity index (χ2n) is 5.52. The van der Waals surface area contributed by atoms with Crippen LogP contribution in [0.15, 0.2) is 6.07 Å². The van der Waals surface area contributed by atoms with Gasteiger partial charge in [0.25, 0.3) is 10.2 Å². The van der Waals surface area contributed by atoms with Crippen molar-refractivity contribution in [2.45, 2.75) is 19.8 Å². The van der Waals surface area contributed by atoms with Gasteiger partial charge in [0.05, 0.1) is 0 Å². The smallest absolute Gasteiger partial charge is 0.279 e. The van der Waals surface area contributed by atoms with Gasteiger partial charge in [-0.3, -0.25) is 0 Å². The van der Waals surface area contributed by atoms with Crippen LogP contribution in [-0.2, 0) is 10.2 Å². The summed E-state index contributed by atoms with van der Waals surface area (Å²) in [5.74, 6) is 1.32. The summed E-state index contributed by atoms with van der Waals surface area (Å²) in [6.45, 7) is 3.85. The molecular weight excluding hydrogens is 304 g/mol. The van der Waals surface area contributed by atoms with Crippen LogP contribution in [0.5, 0.6) is 0 Å². The third-order valence-electron chi connectivity index (χ3n) is 3.40. The first-order valence-corrected chi connectivity index (χ1v) is 8.84. The van der Waals surface area contributed by atoms with E-state index >= 15 is 0 Å². The number of anilines is 2. The monoisotopic (exact) mass is 328 g/mol. The van der Waals surface area contributed by atoms with Crippen LogP contribution in [0, 0.1) is 6.92 Å². The summed E-state index contributed by atoms with van der Waals surface area (Å²) in [4.78, 5) is 10.6. The van der Waals surface area contributed by atoms with Crippen LogP contribution < -0.4 is 14.9 Å². The van der Waals surface area contributed by atoms with Gasteiger partial charge in [0.15, 0.2) is 0 Å². The third-order valence-corrected chi connectivity index (χ3v) is 5.01. The Bertz CT molecular complexity index is 599. The number of rotatable bonds is 7. The summed E-state index contributed by atoms with van der Waals surface area (Å²) in [6.07, 6.45) is 1.87. The highest BCUT2D eigenvalue weighted by molar-refractivity contribution is 7.87. The Morgan fingerprint density at radius 2 is 1.91 bits per heavy atom. The fourth-order valence-electron chi connectivity index (χ4n) is 2.23. The van der Waals surface area contributed by atoms with Gasteiger partial charge in [-0.1, -0.05) is 0 Å². The summed E-state index contributed by atoms with van der Waals surface area (Å²) in [5.41, 5.74) is 0.860. The first-order chi connectivity index (χ1) is 10.4. The van der Waals surface area contributed by atoms with Crippen molar-refractivity contribution in [1.82, 2.24) is 19.0 Å². The number of nitrogens with one attached hydrogen (secondary N) is 2. The molecule has 0 radical (unpaired) electrons. The Kier molecular flexibility index (Phi) is 5.54. The highest BCUT2D eigenvalue weighted by Crippen LogP contribution is 2.12. The van der Waals surface area contributed by atoms with E-state index in [-0.39, 0.29) is 0 Å². The lowest BCUT2D eigenvalue weighted by molar-refractivity contribution is 0.466. The van der Waals surface area contributed by atoms with Crippen LogP contribution in [0.1, 0.15) is 18.5 Å². The zero-order valence-electron chi connectivity index (χ0n) is 13.3. The van der Waals surface area contributed by atoms with Crippen molar-refractivity contribution < 1.29 is 8.42 Å². The van der Waals surface area contributed by atoms with Crippen LogP contribution in [0.25, 0.3) is 0 Å². The Balaban J connectivity index is 1.84. The van der Waals surface area contributed by atoms with Gasteiger partial charge in [0.1, 0.15) is 5.82 Å². The van der Waals surface area contributed by atoms with Crippen molar-refractivity contribution in [3.05, 3.63) is 11.8 Å². The van der Waals surface area contributed by atoms with Crippen molar-refractivity contribution in [1.29, 1.82) is 0 Å². The molecule has 1 aromatic heterocycles. The molecule has 0 aromatic carbocycles. The van der Waals surface area contributed by atoms with E-state index < -0.39 is 10.2 Å². The number of aryl methyl sites for hydroxylation is 1. The molecule has 0 bridgehead atoms. The molecule has 1 aliphatic rings. The van der Waals surface area contributed by atoms with E-state index in [1.165, 1.54) is 4.31 Å². The highest BCUT2D eigenvalue weighted by atomic mass is 32.2. The number of nitrogens with zero attached hydrogens (tertiary/aromatic N) is 4. The van der Waals surface area contributed by atoms with Crippen LogP contribution >= 0.6 is 0 Å². The lowest BCUT2D eigenvalue weighted by Crippen LogP contribution is -2.40. The molecule has 1 fully saturated rings. The fraction of sp³-hybridized carbons (Fsp3) is 0.692. The minimum Gasteiger partial charge on any atom is -0.363 e. The summed E-state index contributed by atoms with van der Waals surface area (Å²) < 4.78 is 28.1. The molecule has 1 aliphatic heterocycles. The molecule has 2 N–H and O–H groups in total. The molecule has 2 rings (SSSR count). The fourth-order valence-corrected chi connectivity index (χ4v) is 3.52. The zero-order valence-corrected chi connectivity index (χ0v) is 14.2. The van der Waals surface area contributed by atoms with Crippen LogP contribution in [0.3, 0.4) is 0 Å². The topological polar surface area (TPSA) is 90.5 Å². The molecule has 0 aliphatic carbocycles. The predicted octanol–water partition coefficient (Wildman–Crippen LogP) is 0.193. The SMILES string of the molecule is Cc1cc(N(C)C)nc(NCCNS(=O)(=O)N2CCCC2)n1. The van der Waals surface area contributed by atoms with Crippen LogP contribution in [0.4, 0.5) is 11.8 Å². The van der Waals surface area contributed by atoms with Crippen molar-refractivity contribution in [2.24, 2.45) is 0 Å². The summed E-state index contributed by atoms with van der Waals surface area (Å²) >= 11 is 0. The minimum absolute atomic E-state index is 0.299. The maximum absolute atomic E-state index is 12.0. The maximum atomic E-state index is 12.0. The average Bonchev–Trinajstić information content (AvgIpc) is 2.98. The van der Waals surface area contributed by atoms with Crippen molar-refractivity contribution in [3.8, 4) is 0 Å². The Morgan fingerprint density at radius 3 is 2.55 bits per heavy atom. The molecule has 0 atom stereocenters. The normalized spacial score (nSPS) is 16.0. The molecule has 9 heteroatoms. The van der Waals surface area contributed by atoms with E-state index in [0.717, 1.165) is 24.4 Å². The molecule has 2 heterocycles. The van der Waals surface area contributed by atoms with Gasteiger partial charge in [-0.05, 0) is 19.8 Å². The van der Waals surface area contributed by atoms with Crippen molar-refractivity contribution in [3.63, 3.8) is 0 Å². The highest BCUT2D eigenvalue weighted by Gasteiger charge is 2.24. The molecule has 0 saturated carbocycles. The van der Waals surface area contributed by atoms with Crippen molar-refractivity contribution in [2.75, 3.05) is 50.5 Å². The van der Waals surface area contributed by atoms with E-state index in [4.69, 9.17) is 0 Å². The molecule has 1 saturated heterocycles. The molecule has 124 valence electrons. The Labute approximate surface area is 132 Å². The van der Waals surface area contributed by atoms with Crippen molar-refractivity contribution >= 4 is 22.0 Å². The first-order valence-electron chi connectivity index (χ1n) is 7.40. The van der Waals surface area contributed by atoms with Gasteiger partial charge in [-0.15, -0.1) is 0 Å². The van der Waals surface area contributed by atoms with E-state index in [1.54, 1.807) is 0 Å². The number of aromatic nitrogens is 2. The first kappa shape index (κ1) is 16.9. The maximum Gasteiger partial charge on any atom is 0.279 e. The van der Waals surface area contributed by atoms with E-state index in [0.29, 0.717) is 32.1 Å². The third kappa shape index (κ3) is 4.52. The lowest BCUT2D eigenvalue weighted by Gasteiger charge is -2.16. The largest absolute Gasteiger partial charge is 0.363 e. The quantitative estimate of drug-likeness (QED) is 0.695. The van der Waals surface area contributed by atoms with Gasteiger partial charge >= 0.3 is 0 Å². The van der Waals surface area contributed by atoms with Gasteiger partial charge in [-0.25, -0.2) is 9.71 Å². The second-order valence-corrected chi connectivity index (χ2v) is 7.27. The summed E-state index contributed by atoms with van der Waals surface area (Å²) in [7, 11) is 0.475. The molecular formula is C13H24N6O2S. The predicted molar refractivity (Wildman–Crippen MR) is 87.3 cm³/mol. The van der Waals surface area contributed by atoms with E-state index in [1.807, 2.05) is 32.0 Å². The van der Waals surface area contributed by atoms with Gasteiger partial charge in [-0.2, -0.15) is 17.7 Å². The average molecular weight is 328 g/mol. The molecule has 0 amide bonds. The molecule has 22 heavy (non-hydrogen) atoms. The number of hydrogen-bond donors (Lipinski definition) is 2. The Hall–Kier alpha value is -1.45. The summed E-state index contributed by atoms with van der Waals surface area (Å²) in [5, 5.41) is 3.05. The second kappa shape index (κ2) is 7.21. The van der Waals surface area contributed by atoms with Gasteiger partial charge < -0.3 is 10.2 Å². The molecule has 8 nitrogen and oxygen atoms in total. The minimum atomic E-state index is -3.35. The standard InChI is InChI=1S/C13H24N6O2S/c1-11-10-12(18(2)3)17-13(16-11)14-6-7-15-22(20,21)19-8-4-5-9-19/h10,15H,4-9H2,1-3H3,(H,14,16,17). The Morgan fingerprint density at radius 1 is 1.23 bits per heavy atom. The van der Waals surface area contributed by atoms with Gasteiger partial charge in [0, 0.05) is 52.0 Å². The van der Waals surface area contributed by atoms with E-state index in [2.05, 4.69) is 20.0 Å². The van der Waals surface area contributed by atoms with Crippen LogP contribution in [-0.4, -0.2) is 63.0 Å². The zero-order chi connectivity index (χ0) is 16.2. The van der Waals surface area contributed by atoms with E-state index in [9.17, 15) is 8.42 Å².